The van der Waals surface area contributed by atoms with Crippen LogP contribution in [0.2, 0.25) is 0 Å². The van der Waals surface area contributed by atoms with Crippen LogP contribution in [0.4, 0.5) is 14.5 Å². The van der Waals surface area contributed by atoms with Gasteiger partial charge in [-0.3, -0.25) is 4.98 Å². The second-order valence-electron chi connectivity index (χ2n) is 5.28. The summed E-state index contributed by atoms with van der Waals surface area (Å²) in [7, 11) is 0. The SMILES string of the molecule is CC1CN(c2ccnc3c(F)cc(F)cc23)CC(C)S1. The van der Waals surface area contributed by atoms with Crippen molar-refractivity contribution < 1.29 is 8.78 Å². The number of aromatic nitrogens is 1. The molecule has 0 radical (unpaired) electrons. The Balaban J connectivity index is 2.11. The van der Waals surface area contributed by atoms with Crippen LogP contribution in [-0.4, -0.2) is 28.6 Å². The van der Waals surface area contributed by atoms with Crippen LogP contribution in [0.1, 0.15) is 13.8 Å². The third kappa shape index (κ3) is 2.46. The number of fused-ring (bicyclic) bond motifs is 1. The zero-order valence-electron chi connectivity index (χ0n) is 11.4. The van der Waals surface area contributed by atoms with Crippen molar-refractivity contribution >= 4 is 28.4 Å². The molecule has 0 amide bonds. The number of nitrogens with zero attached hydrogens (tertiary/aromatic N) is 2. The van der Waals surface area contributed by atoms with Gasteiger partial charge in [-0.1, -0.05) is 13.8 Å². The molecule has 2 unspecified atom stereocenters. The van der Waals surface area contributed by atoms with E-state index in [2.05, 4.69) is 23.7 Å². The average Bonchev–Trinajstić information content (AvgIpc) is 2.36. The Labute approximate surface area is 121 Å². The third-order valence-electron chi connectivity index (χ3n) is 3.50. The molecule has 2 nitrogen and oxygen atoms in total. The summed E-state index contributed by atoms with van der Waals surface area (Å²) in [5.41, 5.74) is 1.11. The van der Waals surface area contributed by atoms with Crippen LogP contribution in [0, 0.1) is 11.6 Å². The average molecular weight is 294 g/mol. The summed E-state index contributed by atoms with van der Waals surface area (Å²) in [5.74, 6) is -1.16. The number of hydrogen-bond acceptors (Lipinski definition) is 3. The van der Waals surface area contributed by atoms with Gasteiger partial charge in [-0.2, -0.15) is 11.8 Å². The van der Waals surface area contributed by atoms with Crippen molar-refractivity contribution in [1.29, 1.82) is 0 Å². The van der Waals surface area contributed by atoms with Crippen LogP contribution < -0.4 is 4.90 Å². The number of rotatable bonds is 1. The van der Waals surface area contributed by atoms with Crippen LogP contribution in [0.3, 0.4) is 0 Å². The topological polar surface area (TPSA) is 16.1 Å². The highest BCUT2D eigenvalue weighted by Gasteiger charge is 2.24. The Morgan fingerprint density at radius 2 is 1.90 bits per heavy atom. The first-order chi connectivity index (χ1) is 9.54. The number of hydrogen-bond donors (Lipinski definition) is 0. The summed E-state index contributed by atoms with van der Waals surface area (Å²) in [6, 6.07) is 4.10. The van der Waals surface area contributed by atoms with Crippen molar-refractivity contribution in [3.05, 3.63) is 36.0 Å². The number of thioether (sulfide) groups is 1. The smallest absolute Gasteiger partial charge is 0.152 e. The van der Waals surface area contributed by atoms with Crippen molar-refractivity contribution in [2.24, 2.45) is 0 Å². The molecule has 20 heavy (non-hydrogen) atoms. The highest BCUT2D eigenvalue weighted by atomic mass is 32.2. The molecule has 2 atom stereocenters. The van der Waals surface area contributed by atoms with Gasteiger partial charge in [-0.05, 0) is 12.1 Å². The first-order valence-corrected chi connectivity index (χ1v) is 7.63. The first-order valence-electron chi connectivity index (χ1n) is 6.69. The molecule has 1 aromatic carbocycles. The van der Waals surface area contributed by atoms with Crippen molar-refractivity contribution in [3.63, 3.8) is 0 Å². The van der Waals surface area contributed by atoms with Gasteiger partial charge in [0.15, 0.2) is 5.82 Å². The van der Waals surface area contributed by atoms with Gasteiger partial charge in [-0.25, -0.2) is 8.78 Å². The minimum absolute atomic E-state index is 0.238. The van der Waals surface area contributed by atoms with Crippen molar-refractivity contribution in [2.75, 3.05) is 18.0 Å². The predicted octanol–water partition coefficient (Wildman–Crippen LogP) is 3.84. The van der Waals surface area contributed by atoms with E-state index < -0.39 is 11.6 Å². The van der Waals surface area contributed by atoms with E-state index in [9.17, 15) is 8.78 Å². The minimum Gasteiger partial charge on any atom is -0.369 e. The molecule has 1 fully saturated rings. The largest absolute Gasteiger partial charge is 0.369 e. The molecule has 1 aliphatic heterocycles. The lowest BCUT2D eigenvalue weighted by Gasteiger charge is -2.36. The molecule has 3 rings (SSSR count). The molecule has 2 aromatic rings. The summed E-state index contributed by atoms with van der Waals surface area (Å²) in [6.07, 6.45) is 1.59. The van der Waals surface area contributed by atoms with Crippen molar-refractivity contribution in [3.8, 4) is 0 Å². The van der Waals surface area contributed by atoms with Crippen molar-refractivity contribution in [1.82, 2.24) is 4.98 Å². The van der Waals surface area contributed by atoms with E-state index in [1.165, 1.54) is 6.07 Å². The lowest BCUT2D eigenvalue weighted by atomic mass is 10.1. The maximum atomic E-state index is 13.8. The van der Waals surface area contributed by atoms with Crippen molar-refractivity contribution in [2.45, 2.75) is 24.3 Å². The Bertz CT molecular complexity index is 637. The van der Waals surface area contributed by atoms with Crippen LogP contribution in [0.25, 0.3) is 10.9 Å². The van der Waals surface area contributed by atoms with E-state index in [4.69, 9.17) is 0 Å². The molecule has 106 valence electrons. The molecule has 1 aromatic heterocycles. The lowest BCUT2D eigenvalue weighted by Crippen LogP contribution is -2.40. The predicted molar refractivity (Wildman–Crippen MR) is 80.4 cm³/mol. The fourth-order valence-corrected chi connectivity index (χ4v) is 4.14. The maximum absolute atomic E-state index is 13.8. The second kappa shape index (κ2) is 5.20. The van der Waals surface area contributed by atoms with Crippen LogP contribution in [0.15, 0.2) is 24.4 Å². The maximum Gasteiger partial charge on any atom is 0.152 e. The summed E-state index contributed by atoms with van der Waals surface area (Å²) >= 11 is 1.95. The fraction of sp³-hybridized carbons (Fsp3) is 0.400. The van der Waals surface area contributed by atoms with Crippen LogP contribution in [-0.2, 0) is 0 Å². The Kier molecular flexibility index (Phi) is 3.54. The van der Waals surface area contributed by atoms with Gasteiger partial charge < -0.3 is 4.90 Å². The normalized spacial score (nSPS) is 23.3. The van der Waals surface area contributed by atoms with Gasteiger partial charge in [0, 0.05) is 46.9 Å². The summed E-state index contributed by atoms with van der Waals surface area (Å²) in [6.45, 7) is 6.12. The number of benzene rings is 1. The highest BCUT2D eigenvalue weighted by Crippen LogP contribution is 2.33. The first kappa shape index (κ1) is 13.6. The molecule has 0 spiro atoms. The molecule has 5 heteroatoms. The molecular weight excluding hydrogens is 278 g/mol. The molecule has 0 saturated carbocycles. The minimum atomic E-state index is -0.602. The van der Waals surface area contributed by atoms with E-state index in [-0.39, 0.29) is 5.52 Å². The molecule has 1 aliphatic rings. The molecule has 1 saturated heterocycles. The van der Waals surface area contributed by atoms with Gasteiger partial charge in [-0.15, -0.1) is 0 Å². The molecule has 0 bridgehead atoms. The van der Waals surface area contributed by atoms with Crippen LogP contribution >= 0.6 is 11.8 Å². The quantitative estimate of drug-likeness (QED) is 0.795. The molecule has 2 heterocycles. The lowest BCUT2D eigenvalue weighted by molar-refractivity contribution is 0.590. The van der Waals surface area contributed by atoms with E-state index in [0.717, 1.165) is 24.8 Å². The highest BCUT2D eigenvalue weighted by molar-refractivity contribution is 8.00. The Morgan fingerprint density at radius 1 is 1.20 bits per heavy atom. The van der Waals surface area contributed by atoms with Gasteiger partial charge in [0.05, 0.1) is 0 Å². The second-order valence-corrected chi connectivity index (χ2v) is 7.16. The summed E-state index contributed by atoms with van der Waals surface area (Å²) in [5, 5.41) is 1.55. The summed E-state index contributed by atoms with van der Waals surface area (Å²) < 4.78 is 27.3. The molecule has 0 N–H and O–H groups in total. The van der Waals surface area contributed by atoms with E-state index in [1.54, 1.807) is 6.20 Å². The number of halogens is 2. The monoisotopic (exact) mass is 294 g/mol. The molecular formula is C15H16F2N2S. The van der Waals surface area contributed by atoms with Gasteiger partial charge in [0.25, 0.3) is 0 Å². The third-order valence-corrected chi connectivity index (χ3v) is 4.73. The van der Waals surface area contributed by atoms with Gasteiger partial charge in [0.1, 0.15) is 11.3 Å². The van der Waals surface area contributed by atoms with Gasteiger partial charge in [0.2, 0.25) is 0 Å². The molecule has 0 aliphatic carbocycles. The number of pyridine rings is 1. The van der Waals surface area contributed by atoms with Gasteiger partial charge >= 0.3 is 0 Å². The summed E-state index contributed by atoms with van der Waals surface area (Å²) in [4.78, 5) is 6.24. The Morgan fingerprint density at radius 3 is 2.60 bits per heavy atom. The fourth-order valence-electron chi connectivity index (χ4n) is 2.81. The van der Waals surface area contributed by atoms with Crippen LogP contribution in [0.5, 0.6) is 0 Å². The zero-order chi connectivity index (χ0) is 14.3. The number of anilines is 1. The standard InChI is InChI=1S/C15H16F2N2S/c1-9-7-19(8-10(2)20-9)14-3-4-18-15-12(14)5-11(16)6-13(15)17/h3-6,9-10H,7-8H2,1-2H3. The van der Waals surface area contributed by atoms with E-state index >= 15 is 0 Å². The van der Waals surface area contributed by atoms with E-state index in [0.29, 0.717) is 15.9 Å². The zero-order valence-corrected chi connectivity index (χ0v) is 12.3. The van der Waals surface area contributed by atoms with E-state index in [1.807, 2.05) is 17.8 Å². The Hall–Kier alpha value is -1.36.